The Morgan fingerprint density at radius 3 is 1.10 bits per heavy atom. The van der Waals surface area contributed by atoms with Gasteiger partial charge in [0.25, 0.3) is 17.1 Å². The van der Waals surface area contributed by atoms with Gasteiger partial charge in [-0.05, 0) is 36.4 Å². The number of anilines is 1. The van der Waals surface area contributed by atoms with Crippen molar-refractivity contribution in [2.24, 2.45) is 0 Å². The van der Waals surface area contributed by atoms with E-state index in [4.69, 9.17) is 34.9 Å². The molecular weight excluding hydrogens is 1130 g/mol. The summed E-state index contributed by atoms with van der Waals surface area (Å²) in [5, 5.41) is 60.6. The standard InChI is InChI=1S/C14H16N2O4.C14H18N2O2.C13H13N3O2.C13H14N2O4.CH4O.CH4.Cl2OS/c1-14(2,3)11-6-8-5-9(16(18)19)7-10(12(8)15-11)13(17)20-4;1-14(2,3)11-6-8-5-9(15)7-10(12(8)16-11)13(17)18-4;1-13(2,3)11-6-8-4-10(16(17)18)5-9(7-14)12(8)15-11;1-13(2,3)10-5-7-4-8(15(18)19)6-9(12(16)17)11(7)14-10;1-2;;1-4(2)3/h5-7,15H,1-4H3;5-7,16H,15H2,1-4H3;4-6,15H,1-3H3;4-6,14H,1-3H3,(H,16,17);2H,1H3;1H4;. The Hall–Kier alpha value is -8.37. The molecule has 0 amide bonds. The predicted octanol–water partition coefficient (Wildman–Crippen LogP) is 13.6. The number of aromatic nitrogens is 4. The molecule has 4 aromatic heterocycles. The van der Waals surface area contributed by atoms with Gasteiger partial charge in [0.2, 0.25) is 9.23 Å². The summed E-state index contributed by atoms with van der Waals surface area (Å²) < 4.78 is 18.6. The lowest BCUT2D eigenvalue weighted by Gasteiger charge is -2.15. The number of aromatic amines is 4. The summed E-state index contributed by atoms with van der Waals surface area (Å²) in [7, 11) is 11.0. The van der Waals surface area contributed by atoms with Crippen molar-refractivity contribution in [2.75, 3.05) is 27.1 Å². The maximum atomic E-state index is 11.8. The number of nitrogens with zero attached hydrogens (tertiary/aromatic N) is 4. The number of fused-ring (bicyclic) bond motifs is 4. The first-order valence-corrected chi connectivity index (χ1v) is 27.0. The number of aliphatic hydroxyl groups excluding tert-OH is 1. The molecule has 8 aromatic rings. The molecule has 23 nitrogen and oxygen atoms in total. The largest absolute Gasteiger partial charge is 0.478 e. The van der Waals surface area contributed by atoms with Crippen LogP contribution >= 0.6 is 21.4 Å². The molecule has 0 saturated carbocycles. The highest BCUT2D eigenvalue weighted by molar-refractivity contribution is 8.26. The van der Waals surface area contributed by atoms with E-state index in [1.807, 2.05) is 92.6 Å². The van der Waals surface area contributed by atoms with Crippen LogP contribution in [0.25, 0.3) is 43.6 Å². The van der Waals surface area contributed by atoms with Crippen LogP contribution in [0.5, 0.6) is 0 Å². The van der Waals surface area contributed by atoms with Crippen molar-refractivity contribution < 1.29 is 53.0 Å². The van der Waals surface area contributed by atoms with Gasteiger partial charge in [0.05, 0.1) is 73.3 Å². The van der Waals surface area contributed by atoms with E-state index in [1.54, 1.807) is 12.1 Å². The van der Waals surface area contributed by atoms with Gasteiger partial charge in [-0.25, -0.2) is 18.6 Å². The van der Waals surface area contributed by atoms with Gasteiger partial charge >= 0.3 is 17.9 Å². The molecule has 4 heterocycles. The minimum atomic E-state index is -1.67. The zero-order valence-corrected chi connectivity index (χ0v) is 49.6. The normalized spacial score (nSPS) is 11.1. The zero-order valence-electron chi connectivity index (χ0n) is 47.3. The molecule has 0 radical (unpaired) electrons. The summed E-state index contributed by atoms with van der Waals surface area (Å²) >= 11 is 0. The lowest BCUT2D eigenvalue weighted by Crippen LogP contribution is -2.11. The van der Waals surface area contributed by atoms with Gasteiger partial charge in [-0.3, -0.25) is 30.3 Å². The number of nitriles is 1. The molecule has 0 saturated heterocycles. The van der Waals surface area contributed by atoms with Gasteiger partial charge < -0.3 is 45.4 Å². The Kier molecular flexibility index (Phi) is 23.7. The van der Waals surface area contributed by atoms with E-state index in [2.05, 4.69) is 62.1 Å². The lowest BCUT2D eigenvalue weighted by atomic mass is 9.92. The molecule has 0 atom stereocenters. The Morgan fingerprint density at radius 2 is 0.805 bits per heavy atom. The Bertz CT molecular complexity index is 3730. The average Bonchev–Trinajstić information content (AvgIpc) is 4.37. The van der Waals surface area contributed by atoms with Crippen LogP contribution in [0, 0.1) is 41.7 Å². The van der Waals surface area contributed by atoms with Crippen LogP contribution in [0.15, 0.2) is 72.8 Å². The maximum absolute atomic E-state index is 11.8. The third-order valence-corrected chi connectivity index (χ3v) is 11.9. The van der Waals surface area contributed by atoms with Crippen LogP contribution in [0.4, 0.5) is 22.7 Å². The average molecular weight is 1200 g/mol. The van der Waals surface area contributed by atoms with Crippen molar-refractivity contribution in [2.45, 2.75) is 112 Å². The van der Waals surface area contributed by atoms with Crippen LogP contribution in [-0.4, -0.2) is 88.4 Å². The van der Waals surface area contributed by atoms with Crippen molar-refractivity contribution in [1.29, 1.82) is 5.26 Å². The zero-order chi connectivity index (χ0) is 62.0. The molecule has 0 spiro atoms. The smallest absolute Gasteiger partial charge is 0.340 e. The first kappa shape index (κ1) is 69.7. The number of H-pyrrole nitrogens is 4. The summed E-state index contributed by atoms with van der Waals surface area (Å²) in [6.45, 7) is 24.4. The number of hydrogen-bond acceptors (Lipinski definition) is 15. The summed E-state index contributed by atoms with van der Waals surface area (Å²) in [5.74, 6) is -2.16. The molecule has 0 unspecified atom stereocenters. The molecule has 0 aliphatic rings. The van der Waals surface area contributed by atoms with E-state index < -0.39 is 35.9 Å². The SMILES string of the molecule is C.CC(C)(C)c1cc2cc([N+](=O)[O-])cc(C#N)c2[nH]1.CC(C)(C)c1cc2cc([N+](=O)[O-])cc(C(=O)O)c2[nH]1.CO.COC(=O)c1cc(N)cc2cc(C(C)(C)C)[nH]c12.COC(=O)c1cc([N+](=O)[O-])cc2cc(C(C)(C)C)[nH]c12.O=S(Cl)Cl. The highest BCUT2D eigenvalue weighted by Gasteiger charge is 2.26. The minimum Gasteiger partial charge on any atom is -0.478 e. The van der Waals surface area contributed by atoms with E-state index >= 15 is 0 Å². The fourth-order valence-electron chi connectivity index (χ4n) is 7.68. The number of carboxylic acid groups (broad SMARTS) is 1. The summed E-state index contributed by atoms with van der Waals surface area (Å²) in [6, 6.07) is 20.9. The highest BCUT2D eigenvalue weighted by atomic mass is 36.0. The number of halogens is 2. The number of benzene rings is 4. The molecule has 0 aliphatic heterocycles. The van der Waals surface area contributed by atoms with Gasteiger partial charge in [-0.2, -0.15) is 5.26 Å². The van der Waals surface area contributed by atoms with Gasteiger partial charge in [0, 0.05) is 137 Å². The molecule has 8 rings (SSSR count). The number of rotatable bonds is 6. The van der Waals surface area contributed by atoms with Gasteiger partial charge in [-0.1, -0.05) is 90.5 Å². The fourth-order valence-corrected chi connectivity index (χ4v) is 7.68. The fraction of sp³-hybridized carbons (Fsp3) is 0.357. The first-order valence-electron chi connectivity index (χ1n) is 24.2. The van der Waals surface area contributed by atoms with Crippen LogP contribution < -0.4 is 5.73 Å². The van der Waals surface area contributed by atoms with Crippen molar-refractivity contribution in [3.8, 4) is 6.07 Å². The van der Waals surface area contributed by atoms with Crippen LogP contribution in [-0.2, 0) is 40.4 Å². The van der Waals surface area contributed by atoms with E-state index in [1.165, 1.54) is 44.6 Å². The number of aromatic carboxylic acids is 1. The van der Waals surface area contributed by atoms with Crippen molar-refractivity contribution >= 4 is 115 Å². The number of carbonyl (C=O) groups excluding carboxylic acids is 2. The molecular formula is C56H69Cl2N9O14S. The second-order valence-corrected chi connectivity index (χ2v) is 24.5. The molecule has 0 bridgehead atoms. The molecule has 0 aliphatic carbocycles. The second kappa shape index (κ2) is 27.9. The highest BCUT2D eigenvalue weighted by Crippen LogP contribution is 2.34. The molecule has 26 heteroatoms. The van der Waals surface area contributed by atoms with Crippen LogP contribution in [0.1, 0.15) is 150 Å². The quantitative estimate of drug-likeness (QED) is 0.0267. The lowest BCUT2D eigenvalue weighted by molar-refractivity contribution is -0.384. The molecule has 0 fully saturated rings. The van der Waals surface area contributed by atoms with Gasteiger partial charge in [0.1, 0.15) is 6.07 Å². The van der Waals surface area contributed by atoms with Gasteiger partial charge in [0.15, 0.2) is 0 Å². The Balaban J connectivity index is 0.000000360. The molecule has 8 N–H and O–H groups in total. The molecule has 82 heavy (non-hydrogen) atoms. The van der Waals surface area contributed by atoms with E-state index in [9.17, 15) is 44.7 Å². The number of hydrogen-bond donors (Lipinski definition) is 7. The minimum absolute atomic E-state index is 0. The summed E-state index contributed by atoms with van der Waals surface area (Å²) in [4.78, 5) is 78.4. The number of non-ortho nitro benzene ring substituents is 3. The number of nitro benzene ring substituents is 3. The third kappa shape index (κ3) is 17.8. The monoisotopic (exact) mass is 1190 g/mol. The molecule has 442 valence electrons. The van der Waals surface area contributed by atoms with Gasteiger partial charge in [-0.15, -0.1) is 0 Å². The number of nitrogen functional groups attached to an aromatic ring is 1. The van der Waals surface area contributed by atoms with E-state index in [-0.39, 0.29) is 63.2 Å². The van der Waals surface area contributed by atoms with Crippen molar-refractivity contribution in [3.63, 3.8) is 0 Å². The number of nitrogens with two attached hydrogens (primary N) is 1. The number of carbonyl (C=O) groups is 3. The first-order chi connectivity index (χ1) is 37.3. The molecule has 4 aromatic carbocycles. The predicted molar refractivity (Wildman–Crippen MR) is 321 cm³/mol. The second-order valence-electron chi connectivity index (χ2n) is 22.0. The van der Waals surface area contributed by atoms with E-state index in [0.717, 1.165) is 46.9 Å². The van der Waals surface area contributed by atoms with Crippen LogP contribution in [0.2, 0.25) is 0 Å². The number of nitrogens with one attached hydrogen (secondary N) is 4. The number of nitro groups is 3. The number of esters is 2. The number of ether oxygens (including phenoxy) is 2. The van der Waals surface area contributed by atoms with Crippen molar-refractivity contribution in [1.82, 2.24) is 19.9 Å². The van der Waals surface area contributed by atoms with Crippen molar-refractivity contribution in [3.05, 3.63) is 148 Å². The number of methoxy groups -OCH3 is 2. The van der Waals surface area contributed by atoms with Crippen LogP contribution in [0.3, 0.4) is 0 Å². The summed E-state index contributed by atoms with van der Waals surface area (Å²) in [6.07, 6.45) is 0. The number of carboxylic acids is 1. The third-order valence-electron chi connectivity index (χ3n) is 11.9. The number of aliphatic hydroxyl groups is 1. The topological polar surface area (TPSA) is 370 Å². The summed E-state index contributed by atoms with van der Waals surface area (Å²) in [5.41, 5.74) is 12.6. The Labute approximate surface area is 484 Å². The van der Waals surface area contributed by atoms with E-state index in [0.29, 0.717) is 49.5 Å². The Morgan fingerprint density at radius 1 is 0.537 bits per heavy atom. The maximum Gasteiger partial charge on any atom is 0.340 e.